The lowest BCUT2D eigenvalue weighted by Gasteiger charge is -2.16. The predicted molar refractivity (Wildman–Crippen MR) is 87.8 cm³/mol. The first-order valence-corrected chi connectivity index (χ1v) is 7.89. The van der Waals surface area contributed by atoms with Crippen molar-refractivity contribution in [3.8, 4) is 22.8 Å². The summed E-state index contributed by atoms with van der Waals surface area (Å²) in [6.45, 7) is 5.85. The zero-order valence-corrected chi connectivity index (χ0v) is 14.9. The van der Waals surface area contributed by atoms with E-state index in [-0.39, 0.29) is 18.4 Å². The fourth-order valence-electron chi connectivity index (χ4n) is 1.98. The molecule has 0 saturated carbocycles. The number of hydrogen-bond donors (Lipinski definition) is 1. The second-order valence-corrected chi connectivity index (χ2v) is 5.75. The molecule has 0 unspecified atom stereocenters. The van der Waals surface area contributed by atoms with Crippen molar-refractivity contribution in [2.24, 2.45) is 0 Å². The highest BCUT2D eigenvalue weighted by Gasteiger charge is 2.22. The van der Waals surface area contributed by atoms with Gasteiger partial charge in [0.25, 0.3) is 0 Å². The summed E-state index contributed by atoms with van der Waals surface area (Å²) in [7, 11) is 1.55. The number of benzene rings is 1. The minimum absolute atomic E-state index is 0.00630. The fourth-order valence-corrected chi connectivity index (χ4v) is 2.52. The van der Waals surface area contributed by atoms with Crippen molar-refractivity contribution in [1.29, 1.82) is 0 Å². The zero-order valence-electron chi connectivity index (χ0n) is 13.3. The summed E-state index contributed by atoms with van der Waals surface area (Å²) in [5, 5.41) is 10.4. The van der Waals surface area contributed by atoms with E-state index >= 15 is 0 Å². The molecule has 0 fully saturated rings. The number of hydrogen-bond acceptors (Lipinski definition) is 6. The average Bonchev–Trinajstić information content (AvgIpc) is 2.98. The van der Waals surface area contributed by atoms with Gasteiger partial charge >= 0.3 is 5.97 Å². The highest BCUT2D eigenvalue weighted by molar-refractivity contribution is 9.10. The van der Waals surface area contributed by atoms with Crippen molar-refractivity contribution >= 4 is 21.9 Å². The van der Waals surface area contributed by atoms with Crippen LogP contribution in [0.15, 0.2) is 16.6 Å². The summed E-state index contributed by atoms with van der Waals surface area (Å²) in [5.41, 5.74) is 1.17. The van der Waals surface area contributed by atoms with Gasteiger partial charge in [0, 0.05) is 5.56 Å². The second-order valence-electron chi connectivity index (χ2n) is 4.90. The Kier molecular flexibility index (Phi) is 5.59. The standard InChI is InChI=1S/C15H18BrN3O4/c1-5-22-15(20)13-12(17-19-18-13)9-6-10(16)14(23-8(2)3)11(7-9)21-4/h6-8H,5H2,1-4H3,(H,17,18,19). The Labute approximate surface area is 142 Å². The topological polar surface area (TPSA) is 86.3 Å². The van der Waals surface area contributed by atoms with E-state index < -0.39 is 5.97 Å². The zero-order chi connectivity index (χ0) is 17.0. The molecule has 0 aliphatic rings. The highest BCUT2D eigenvalue weighted by atomic mass is 79.9. The predicted octanol–water partition coefficient (Wildman–Crippen LogP) is 3.21. The van der Waals surface area contributed by atoms with Crippen molar-refractivity contribution in [2.75, 3.05) is 13.7 Å². The molecule has 0 aliphatic carbocycles. The van der Waals surface area contributed by atoms with Gasteiger partial charge in [0.2, 0.25) is 0 Å². The average molecular weight is 384 g/mol. The minimum atomic E-state index is -0.533. The van der Waals surface area contributed by atoms with E-state index in [1.54, 1.807) is 26.2 Å². The normalized spacial score (nSPS) is 10.7. The summed E-state index contributed by atoms with van der Waals surface area (Å²) in [6.07, 6.45) is -0.00630. The Morgan fingerprint density at radius 1 is 1.35 bits per heavy atom. The molecule has 124 valence electrons. The molecule has 1 heterocycles. The Morgan fingerprint density at radius 3 is 2.70 bits per heavy atom. The van der Waals surface area contributed by atoms with Gasteiger partial charge in [0.05, 0.1) is 24.3 Å². The number of nitrogens with zero attached hydrogens (tertiary/aromatic N) is 2. The SMILES string of the molecule is CCOC(=O)c1n[nH]nc1-c1cc(Br)c(OC(C)C)c(OC)c1. The van der Waals surface area contributed by atoms with Crippen LogP contribution >= 0.6 is 15.9 Å². The number of carbonyl (C=O) groups is 1. The number of halogens is 1. The van der Waals surface area contributed by atoms with E-state index in [9.17, 15) is 4.79 Å². The smallest absolute Gasteiger partial charge is 0.361 e. The molecule has 0 radical (unpaired) electrons. The summed E-state index contributed by atoms with van der Waals surface area (Å²) < 4.78 is 16.8. The van der Waals surface area contributed by atoms with E-state index in [0.717, 1.165) is 0 Å². The molecule has 2 rings (SSSR count). The lowest BCUT2D eigenvalue weighted by atomic mass is 10.1. The number of aromatic nitrogens is 3. The summed E-state index contributed by atoms with van der Waals surface area (Å²) in [6, 6.07) is 3.53. The number of carbonyl (C=O) groups excluding carboxylic acids is 1. The van der Waals surface area contributed by atoms with Gasteiger partial charge in [0.15, 0.2) is 17.2 Å². The third-order valence-electron chi connectivity index (χ3n) is 2.87. The third-order valence-corrected chi connectivity index (χ3v) is 3.46. The molecule has 1 N–H and O–H groups in total. The van der Waals surface area contributed by atoms with Crippen LogP contribution < -0.4 is 9.47 Å². The van der Waals surface area contributed by atoms with Crippen LogP contribution in [0.2, 0.25) is 0 Å². The van der Waals surface area contributed by atoms with Crippen molar-refractivity contribution < 1.29 is 19.0 Å². The van der Waals surface area contributed by atoms with Gasteiger partial charge < -0.3 is 14.2 Å². The minimum Gasteiger partial charge on any atom is -0.493 e. The molecular weight excluding hydrogens is 366 g/mol. The maximum atomic E-state index is 11.9. The van der Waals surface area contributed by atoms with Crippen LogP contribution in [0.1, 0.15) is 31.3 Å². The summed E-state index contributed by atoms with van der Waals surface area (Å²) in [4.78, 5) is 11.9. The van der Waals surface area contributed by atoms with Crippen LogP contribution in [-0.2, 0) is 4.74 Å². The van der Waals surface area contributed by atoms with E-state index in [0.29, 0.717) is 27.2 Å². The molecule has 7 nitrogen and oxygen atoms in total. The van der Waals surface area contributed by atoms with Gasteiger partial charge in [-0.05, 0) is 48.8 Å². The number of rotatable bonds is 6. The Balaban J connectivity index is 2.48. The summed E-state index contributed by atoms with van der Waals surface area (Å²) >= 11 is 3.47. The third kappa shape index (κ3) is 3.82. The Hall–Kier alpha value is -2.09. The van der Waals surface area contributed by atoms with Crippen LogP contribution in [0.4, 0.5) is 0 Å². The van der Waals surface area contributed by atoms with Crippen molar-refractivity contribution in [2.45, 2.75) is 26.9 Å². The molecule has 0 bridgehead atoms. The first-order valence-electron chi connectivity index (χ1n) is 7.10. The van der Waals surface area contributed by atoms with E-state index in [1.165, 1.54) is 0 Å². The number of nitrogens with one attached hydrogen (secondary N) is 1. The molecule has 0 saturated heterocycles. The van der Waals surface area contributed by atoms with Gasteiger partial charge in [0.1, 0.15) is 5.69 Å². The first kappa shape index (κ1) is 17.3. The Bertz CT molecular complexity index is 700. The molecule has 0 spiro atoms. The molecule has 0 aliphatic heterocycles. The fraction of sp³-hybridized carbons (Fsp3) is 0.400. The van der Waals surface area contributed by atoms with E-state index in [4.69, 9.17) is 14.2 Å². The van der Waals surface area contributed by atoms with Gasteiger partial charge in [-0.2, -0.15) is 10.3 Å². The van der Waals surface area contributed by atoms with E-state index in [1.807, 2.05) is 13.8 Å². The molecule has 2 aromatic rings. The number of ether oxygens (including phenoxy) is 3. The van der Waals surface area contributed by atoms with Crippen LogP contribution in [-0.4, -0.2) is 41.2 Å². The van der Waals surface area contributed by atoms with Crippen LogP contribution in [0.5, 0.6) is 11.5 Å². The largest absolute Gasteiger partial charge is 0.493 e. The monoisotopic (exact) mass is 383 g/mol. The second kappa shape index (κ2) is 7.45. The Morgan fingerprint density at radius 2 is 2.09 bits per heavy atom. The summed E-state index contributed by atoms with van der Waals surface area (Å²) in [5.74, 6) is 0.585. The molecule has 0 amide bonds. The first-order chi connectivity index (χ1) is 11.0. The number of esters is 1. The lowest BCUT2D eigenvalue weighted by Crippen LogP contribution is -2.08. The molecule has 1 aromatic heterocycles. The van der Waals surface area contributed by atoms with Gasteiger partial charge in [-0.3, -0.25) is 0 Å². The number of H-pyrrole nitrogens is 1. The van der Waals surface area contributed by atoms with Crippen molar-refractivity contribution in [1.82, 2.24) is 15.4 Å². The number of aromatic amines is 1. The number of methoxy groups -OCH3 is 1. The maximum Gasteiger partial charge on any atom is 0.361 e. The van der Waals surface area contributed by atoms with Crippen LogP contribution in [0.25, 0.3) is 11.3 Å². The van der Waals surface area contributed by atoms with Crippen LogP contribution in [0.3, 0.4) is 0 Å². The quantitative estimate of drug-likeness (QED) is 0.770. The van der Waals surface area contributed by atoms with E-state index in [2.05, 4.69) is 31.3 Å². The molecule has 8 heteroatoms. The molecule has 0 atom stereocenters. The van der Waals surface area contributed by atoms with Gasteiger partial charge in [-0.25, -0.2) is 4.79 Å². The maximum absolute atomic E-state index is 11.9. The lowest BCUT2D eigenvalue weighted by molar-refractivity contribution is 0.0520. The molecular formula is C15H18BrN3O4. The van der Waals surface area contributed by atoms with Gasteiger partial charge in [-0.15, -0.1) is 5.10 Å². The molecule has 23 heavy (non-hydrogen) atoms. The molecule has 1 aromatic carbocycles. The van der Waals surface area contributed by atoms with Crippen molar-refractivity contribution in [3.05, 3.63) is 22.3 Å². The van der Waals surface area contributed by atoms with Gasteiger partial charge in [-0.1, -0.05) is 0 Å². The van der Waals surface area contributed by atoms with Crippen molar-refractivity contribution in [3.63, 3.8) is 0 Å². The highest BCUT2D eigenvalue weighted by Crippen LogP contribution is 2.40. The van der Waals surface area contributed by atoms with Crippen LogP contribution in [0, 0.1) is 0 Å².